The number of carbonyl (C=O) groups excluding carboxylic acids is 1. The van der Waals surface area contributed by atoms with Crippen LogP contribution in [-0.2, 0) is 7.05 Å². The summed E-state index contributed by atoms with van der Waals surface area (Å²) in [6, 6.07) is 2.03. The van der Waals surface area contributed by atoms with Gasteiger partial charge in [0.2, 0.25) is 5.78 Å². The van der Waals surface area contributed by atoms with Gasteiger partial charge in [-0.15, -0.1) is 0 Å². The Labute approximate surface area is 107 Å². The van der Waals surface area contributed by atoms with E-state index in [1.807, 2.05) is 0 Å². The molecule has 0 spiro atoms. The van der Waals surface area contributed by atoms with Crippen LogP contribution in [-0.4, -0.2) is 15.6 Å². The van der Waals surface area contributed by atoms with E-state index in [0.717, 1.165) is 12.1 Å². The van der Waals surface area contributed by atoms with E-state index in [4.69, 9.17) is 11.6 Å². The summed E-state index contributed by atoms with van der Waals surface area (Å²) in [6.07, 6.45) is 1.44. The summed E-state index contributed by atoms with van der Waals surface area (Å²) >= 11 is 5.75. The standard InChI is InChI=1S/C12H9ClF2N2O/c1-6-7(5-17(2)16-6)12(18)10-8(13)3-4-9(14)11(10)15/h3-5H,1-2H3. The van der Waals surface area contributed by atoms with Crippen LogP contribution in [0.3, 0.4) is 0 Å². The van der Waals surface area contributed by atoms with Crippen molar-refractivity contribution in [2.45, 2.75) is 6.92 Å². The maximum absolute atomic E-state index is 13.6. The van der Waals surface area contributed by atoms with Gasteiger partial charge in [-0.05, 0) is 19.1 Å². The van der Waals surface area contributed by atoms with Crippen LogP contribution in [0.2, 0.25) is 5.02 Å². The highest BCUT2D eigenvalue weighted by atomic mass is 35.5. The minimum Gasteiger partial charge on any atom is -0.288 e. The van der Waals surface area contributed by atoms with Gasteiger partial charge in [-0.3, -0.25) is 9.48 Å². The lowest BCUT2D eigenvalue weighted by atomic mass is 10.0. The Hall–Kier alpha value is -1.75. The van der Waals surface area contributed by atoms with E-state index in [1.54, 1.807) is 14.0 Å². The Morgan fingerprint density at radius 3 is 2.61 bits per heavy atom. The zero-order chi connectivity index (χ0) is 13.4. The number of benzene rings is 1. The Morgan fingerprint density at radius 2 is 2.06 bits per heavy atom. The van der Waals surface area contributed by atoms with Gasteiger partial charge in [-0.1, -0.05) is 11.6 Å². The van der Waals surface area contributed by atoms with Gasteiger partial charge in [-0.2, -0.15) is 5.10 Å². The maximum atomic E-state index is 13.6. The molecule has 0 N–H and O–H groups in total. The first-order valence-electron chi connectivity index (χ1n) is 5.10. The Kier molecular flexibility index (Phi) is 3.17. The van der Waals surface area contributed by atoms with Crippen LogP contribution in [0.25, 0.3) is 0 Å². The third-order valence-electron chi connectivity index (χ3n) is 2.53. The predicted octanol–water partition coefficient (Wildman–Crippen LogP) is 2.89. The summed E-state index contributed by atoms with van der Waals surface area (Å²) in [5, 5.41) is 3.85. The summed E-state index contributed by atoms with van der Waals surface area (Å²) in [5.41, 5.74) is 0.166. The van der Waals surface area contributed by atoms with Crippen molar-refractivity contribution in [3.63, 3.8) is 0 Å². The van der Waals surface area contributed by atoms with Crippen molar-refractivity contribution in [3.8, 4) is 0 Å². The van der Waals surface area contributed by atoms with E-state index >= 15 is 0 Å². The number of hydrogen-bond acceptors (Lipinski definition) is 2. The summed E-state index contributed by atoms with van der Waals surface area (Å²) in [4.78, 5) is 12.1. The molecule has 0 atom stereocenters. The number of rotatable bonds is 2. The molecule has 1 aromatic heterocycles. The number of ketones is 1. The normalized spacial score (nSPS) is 10.7. The van der Waals surface area contributed by atoms with E-state index in [1.165, 1.54) is 10.9 Å². The van der Waals surface area contributed by atoms with E-state index in [9.17, 15) is 13.6 Å². The maximum Gasteiger partial charge on any atom is 0.201 e. The lowest BCUT2D eigenvalue weighted by Crippen LogP contribution is -2.07. The molecule has 0 fully saturated rings. The molecule has 0 bridgehead atoms. The number of aromatic nitrogens is 2. The van der Waals surface area contributed by atoms with Crippen LogP contribution in [0.5, 0.6) is 0 Å². The molecule has 6 heteroatoms. The fourth-order valence-electron chi connectivity index (χ4n) is 1.69. The SMILES string of the molecule is Cc1nn(C)cc1C(=O)c1c(Cl)ccc(F)c1F. The molecule has 0 unspecified atom stereocenters. The molecule has 3 nitrogen and oxygen atoms in total. The largest absolute Gasteiger partial charge is 0.288 e. The molecule has 94 valence electrons. The van der Waals surface area contributed by atoms with Gasteiger partial charge in [-0.25, -0.2) is 8.78 Å². The fourth-order valence-corrected chi connectivity index (χ4v) is 1.92. The number of aryl methyl sites for hydroxylation is 2. The van der Waals surface area contributed by atoms with Crippen molar-refractivity contribution < 1.29 is 13.6 Å². The Morgan fingerprint density at radius 1 is 1.39 bits per heavy atom. The molecular formula is C12H9ClF2N2O. The van der Waals surface area contributed by atoms with Crippen LogP contribution in [0.4, 0.5) is 8.78 Å². The van der Waals surface area contributed by atoms with Gasteiger partial charge < -0.3 is 0 Å². The van der Waals surface area contributed by atoms with Gasteiger partial charge in [0.05, 0.1) is 21.8 Å². The lowest BCUT2D eigenvalue weighted by molar-refractivity contribution is 0.103. The van der Waals surface area contributed by atoms with Crippen LogP contribution in [0, 0.1) is 18.6 Å². The zero-order valence-corrected chi connectivity index (χ0v) is 10.4. The van der Waals surface area contributed by atoms with E-state index in [-0.39, 0.29) is 10.6 Å². The van der Waals surface area contributed by atoms with Crippen LogP contribution >= 0.6 is 11.6 Å². The summed E-state index contributed by atoms with van der Waals surface area (Å²) in [6.45, 7) is 1.61. The Balaban J connectivity index is 2.60. The molecule has 2 rings (SSSR count). The van der Waals surface area contributed by atoms with Crippen molar-refractivity contribution in [2.75, 3.05) is 0 Å². The van der Waals surface area contributed by atoms with Crippen molar-refractivity contribution in [1.29, 1.82) is 0 Å². The highest BCUT2D eigenvalue weighted by Gasteiger charge is 2.23. The monoisotopic (exact) mass is 270 g/mol. The molecule has 0 aliphatic carbocycles. The molecule has 18 heavy (non-hydrogen) atoms. The van der Waals surface area contributed by atoms with Crippen LogP contribution in [0.1, 0.15) is 21.6 Å². The quantitative estimate of drug-likeness (QED) is 0.621. The predicted molar refractivity (Wildman–Crippen MR) is 62.7 cm³/mol. The fraction of sp³-hybridized carbons (Fsp3) is 0.167. The summed E-state index contributed by atoms with van der Waals surface area (Å²) in [5.74, 6) is -3.03. The molecule has 0 aliphatic heterocycles. The second kappa shape index (κ2) is 4.49. The van der Waals surface area contributed by atoms with Gasteiger partial charge in [0.15, 0.2) is 11.6 Å². The molecule has 0 saturated heterocycles. The van der Waals surface area contributed by atoms with E-state index in [2.05, 4.69) is 5.10 Å². The second-order valence-corrected chi connectivity index (χ2v) is 4.26. The van der Waals surface area contributed by atoms with Crippen molar-refractivity contribution in [1.82, 2.24) is 9.78 Å². The van der Waals surface area contributed by atoms with E-state index in [0.29, 0.717) is 5.69 Å². The number of halogens is 3. The van der Waals surface area contributed by atoms with Crippen LogP contribution < -0.4 is 0 Å². The molecule has 2 aromatic rings. The highest BCUT2D eigenvalue weighted by Crippen LogP contribution is 2.25. The first-order chi connectivity index (χ1) is 8.41. The lowest BCUT2D eigenvalue weighted by Gasteiger charge is -2.04. The number of hydrogen-bond donors (Lipinski definition) is 0. The second-order valence-electron chi connectivity index (χ2n) is 3.85. The third-order valence-corrected chi connectivity index (χ3v) is 2.84. The Bertz CT molecular complexity index is 637. The van der Waals surface area contributed by atoms with Crippen molar-refractivity contribution in [3.05, 3.63) is 51.8 Å². The van der Waals surface area contributed by atoms with E-state index < -0.39 is 23.0 Å². The molecule has 1 aromatic carbocycles. The zero-order valence-electron chi connectivity index (χ0n) is 9.67. The molecule has 0 amide bonds. The smallest absolute Gasteiger partial charge is 0.201 e. The number of nitrogens with zero attached hydrogens (tertiary/aromatic N) is 2. The molecule has 1 heterocycles. The third kappa shape index (κ3) is 2.01. The van der Waals surface area contributed by atoms with Crippen LogP contribution in [0.15, 0.2) is 18.3 Å². The average Bonchev–Trinajstić information content (AvgIpc) is 2.63. The topological polar surface area (TPSA) is 34.9 Å². The minimum absolute atomic E-state index is 0.123. The highest BCUT2D eigenvalue weighted by molar-refractivity contribution is 6.35. The van der Waals surface area contributed by atoms with Crippen molar-refractivity contribution >= 4 is 17.4 Å². The van der Waals surface area contributed by atoms with Gasteiger partial charge in [0.1, 0.15) is 0 Å². The summed E-state index contributed by atoms with van der Waals surface area (Å²) in [7, 11) is 1.63. The average molecular weight is 271 g/mol. The molecule has 0 aliphatic rings. The van der Waals surface area contributed by atoms with Gasteiger partial charge in [0.25, 0.3) is 0 Å². The first kappa shape index (κ1) is 12.7. The van der Waals surface area contributed by atoms with Gasteiger partial charge >= 0.3 is 0 Å². The van der Waals surface area contributed by atoms with Gasteiger partial charge in [0, 0.05) is 13.2 Å². The summed E-state index contributed by atoms with van der Waals surface area (Å²) < 4.78 is 28.2. The molecular weight excluding hydrogens is 262 g/mol. The number of carbonyl (C=O) groups is 1. The molecule has 0 saturated carbocycles. The first-order valence-corrected chi connectivity index (χ1v) is 5.48. The molecule has 0 radical (unpaired) electrons. The van der Waals surface area contributed by atoms with Crippen molar-refractivity contribution in [2.24, 2.45) is 7.05 Å². The minimum atomic E-state index is -1.24.